The van der Waals surface area contributed by atoms with E-state index in [-0.39, 0.29) is 11.8 Å². The van der Waals surface area contributed by atoms with Crippen molar-refractivity contribution >= 4 is 11.9 Å². The second-order valence-electron chi connectivity index (χ2n) is 6.77. The topological polar surface area (TPSA) is 72.9 Å². The molecule has 134 valence electrons. The van der Waals surface area contributed by atoms with Crippen molar-refractivity contribution in [3.63, 3.8) is 0 Å². The molecule has 0 saturated heterocycles. The molecule has 1 aliphatic carbocycles. The minimum atomic E-state index is -0.813. The number of carboxylic acids is 1. The van der Waals surface area contributed by atoms with Gasteiger partial charge >= 0.3 is 5.97 Å². The van der Waals surface area contributed by atoms with Gasteiger partial charge in [0.1, 0.15) is 0 Å². The maximum Gasteiger partial charge on any atom is 0.307 e. The summed E-state index contributed by atoms with van der Waals surface area (Å²) in [6.45, 7) is 3.22. The second kappa shape index (κ2) is 10.6. The fraction of sp³-hybridized carbons (Fsp3) is 0.882. The average molecular weight is 327 g/mol. The van der Waals surface area contributed by atoms with Gasteiger partial charge in [0.15, 0.2) is 0 Å². The van der Waals surface area contributed by atoms with E-state index in [1.807, 2.05) is 26.0 Å². The molecule has 1 fully saturated rings. The monoisotopic (exact) mass is 327 g/mol. The number of nitrogens with one attached hydrogen (secondary N) is 1. The van der Waals surface area contributed by atoms with Crippen LogP contribution in [-0.4, -0.2) is 74.1 Å². The Balaban J connectivity index is 2.68. The minimum absolute atomic E-state index is 0.0481. The van der Waals surface area contributed by atoms with Crippen LogP contribution < -0.4 is 5.32 Å². The van der Waals surface area contributed by atoms with Crippen LogP contribution in [0.15, 0.2) is 0 Å². The summed E-state index contributed by atoms with van der Waals surface area (Å²) in [5.41, 5.74) is 0. The van der Waals surface area contributed by atoms with E-state index in [4.69, 9.17) is 0 Å². The Hall–Kier alpha value is -1.14. The number of hydrogen-bond acceptors (Lipinski definition) is 4. The number of hydrogen-bond donors (Lipinski definition) is 2. The zero-order chi connectivity index (χ0) is 17.2. The molecule has 1 saturated carbocycles. The third kappa shape index (κ3) is 6.87. The maximum absolute atomic E-state index is 12.9. The van der Waals surface area contributed by atoms with Gasteiger partial charge in [0.05, 0.1) is 11.8 Å². The van der Waals surface area contributed by atoms with Crippen molar-refractivity contribution in [1.82, 2.24) is 15.1 Å². The molecule has 0 radical (unpaired) electrons. The summed E-state index contributed by atoms with van der Waals surface area (Å²) in [6.07, 6.45) is 5.04. The lowest BCUT2D eigenvalue weighted by Crippen LogP contribution is -2.44. The van der Waals surface area contributed by atoms with Gasteiger partial charge in [-0.2, -0.15) is 0 Å². The fourth-order valence-corrected chi connectivity index (χ4v) is 3.31. The molecule has 0 bridgehead atoms. The van der Waals surface area contributed by atoms with Crippen molar-refractivity contribution in [2.75, 3.05) is 47.3 Å². The van der Waals surface area contributed by atoms with E-state index in [9.17, 15) is 14.7 Å². The van der Waals surface area contributed by atoms with Crippen molar-refractivity contribution < 1.29 is 14.7 Å². The normalized spacial score (nSPS) is 21.4. The van der Waals surface area contributed by atoms with E-state index in [1.165, 1.54) is 0 Å². The van der Waals surface area contributed by atoms with Gasteiger partial charge in [0, 0.05) is 13.1 Å². The Labute approximate surface area is 140 Å². The molecule has 2 unspecified atom stereocenters. The SMILES string of the molecule is CNCCCN(CCCN(C)C)C(=O)C1CCCCC1C(=O)O. The second-order valence-corrected chi connectivity index (χ2v) is 6.77. The van der Waals surface area contributed by atoms with E-state index in [0.717, 1.165) is 38.8 Å². The quantitative estimate of drug-likeness (QED) is 0.591. The van der Waals surface area contributed by atoms with Crippen LogP contribution in [-0.2, 0) is 9.59 Å². The predicted molar refractivity (Wildman–Crippen MR) is 91.4 cm³/mol. The van der Waals surface area contributed by atoms with Crippen molar-refractivity contribution in [1.29, 1.82) is 0 Å². The molecule has 23 heavy (non-hydrogen) atoms. The summed E-state index contributed by atoms with van der Waals surface area (Å²) >= 11 is 0. The third-order valence-electron chi connectivity index (χ3n) is 4.60. The van der Waals surface area contributed by atoms with Crippen LogP contribution in [0.4, 0.5) is 0 Å². The van der Waals surface area contributed by atoms with Gasteiger partial charge in [-0.15, -0.1) is 0 Å². The van der Waals surface area contributed by atoms with Gasteiger partial charge in [0.2, 0.25) is 5.91 Å². The first-order valence-electron chi connectivity index (χ1n) is 8.78. The van der Waals surface area contributed by atoms with Crippen molar-refractivity contribution in [2.24, 2.45) is 11.8 Å². The number of carboxylic acid groups (broad SMARTS) is 1. The highest BCUT2D eigenvalue weighted by Crippen LogP contribution is 2.31. The smallest absolute Gasteiger partial charge is 0.307 e. The van der Waals surface area contributed by atoms with Crippen molar-refractivity contribution in [3.8, 4) is 0 Å². The molecule has 0 spiro atoms. The minimum Gasteiger partial charge on any atom is -0.481 e. The first-order chi connectivity index (χ1) is 11.0. The average Bonchev–Trinajstić information content (AvgIpc) is 2.52. The van der Waals surface area contributed by atoms with Crippen molar-refractivity contribution in [3.05, 3.63) is 0 Å². The van der Waals surface area contributed by atoms with Crippen LogP contribution in [0.2, 0.25) is 0 Å². The van der Waals surface area contributed by atoms with Gasteiger partial charge in [0.25, 0.3) is 0 Å². The number of nitrogens with zero attached hydrogens (tertiary/aromatic N) is 2. The first kappa shape index (κ1) is 19.9. The van der Waals surface area contributed by atoms with E-state index >= 15 is 0 Å². The van der Waals surface area contributed by atoms with Crippen LogP contribution >= 0.6 is 0 Å². The first-order valence-corrected chi connectivity index (χ1v) is 8.78. The lowest BCUT2D eigenvalue weighted by molar-refractivity contribution is -0.152. The molecule has 1 aliphatic rings. The number of carbonyl (C=O) groups is 2. The van der Waals surface area contributed by atoms with E-state index in [1.54, 1.807) is 0 Å². The van der Waals surface area contributed by atoms with Gasteiger partial charge in [-0.3, -0.25) is 9.59 Å². The summed E-state index contributed by atoms with van der Waals surface area (Å²) in [4.78, 5) is 28.4. The van der Waals surface area contributed by atoms with Crippen molar-refractivity contribution in [2.45, 2.75) is 38.5 Å². The molecule has 0 aromatic heterocycles. The van der Waals surface area contributed by atoms with E-state index < -0.39 is 11.9 Å². The summed E-state index contributed by atoms with van der Waals surface area (Å²) in [6, 6.07) is 0. The summed E-state index contributed by atoms with van der Waals surface area (Å²) in [5.74, 6) is -1.61. The molecule has 0 heterocycles. The lowest BCUT2D eigenvalue weighted by atomic mass is 9.78. The molecule has 0 aromatic rings. The van der Waals surface area contributed by atoms with E-state index in [2.05, 4.69) is 10.2 Å². The van der Waals surface area contributed by atoms with Crippen LogP contribution in [0.25, 0.3) is 0 Å². The Kier molecular flexibility index (Phi) is 9.17. The largest absolute Gasteiger partial charge is 0.481 e. The van der Waals surface area contributed by atoms with Crippen LogP contribution in [0.1, 0.15) is 38.5 Å². The highest BCUT2D eigenvalue weighted by molar-refractivity contribution is 5.85. The zero-order valence-electron chi connectivity index (χ0n) is 14.9. The number of rotatable bonds is 10. The van der Waals surface area contributed by atoms with Gasteiger partial charge in [-0.25, -0.2) is 0 Å². The van der Waals surface area contributed by atoms with Crippen LogP contribution in [0.5, 0.6) is 0 Å². The number of aliphatic carboxylic acids is 1. The molecule has 2 atom stereocenters. The number of carbonyl (C=O) groups excluding carboxylic acids is 1. The fourth-order valence-electron chi connectivity index (χ4n) is 3.31. The number of amides is 1. The molecule has 0 aromatic carbocycles. The standard InChI is InChI=1S/C17H33N3O3/c1-18-10-6-12-20(13-7-11-19(2)3)16(21)14-8-4-5-9-15(14)17(22)23/h14-15,18H,4-13H2,1-3H3,(H,22,23). The highest BCUT2D eigenvalue weighted by atomic mass is 16.4. The molecule has 0 aliphatic heterocycles. The summed E-state index contributed by atoms with van der Waals surface area (Å²) in [7, 11) is 5.95. The van der Waals surface area contributed by atoms with Gasteiger partial charge < -0.3 is 20.2 Å². The Morgan fingerprint density at radius 1 is 1.04 bits per heavy atom. The molecule has 1 rings (SSSR count). The van der Waals surface area contributed by atoms with E-state index in [0.29, 0.717) is 25.9 Å². The molecule has 2 N–H and O–H groups in total. The van der Waals surface area contributed by atoms with Gasteiger partial charge in [-0.05, 0) is 59.9 Å². The lowest BCUT2D eigenvalue weighted by Gasteiger charge is -2.33. The summed E-state index contributed by atoms with van der Waals surface area (Å²) < 4.78 is 0. The third-order valence-corrected chi connectivity index (χ3v) is 4.60. The van der Waals surface area contributed by atoms with Crippen LogP contribution in [0.3, 0.4) is 0 Å². The Morgan fingerprint density at radius 3 is 2.22 bits per heavy atom. The molecule has 6 heteroatoms. The zero-order valence-corrected chi connectivity index (χ0v) is 14.9. The predicted octanol–water partition coefficient (Wildman–Crippen LogP) is 1.27. The molecular weight excluding hydrogens is 294 g/mol. The summed E-state index contributed by atoms with van der Waals surface area (Å²) in [5, 5.41) is 12.5. The molecule has 1 amide bonds. The molecule has 6 nitrogen and oxygen atoms in total. The highest BCUT2D eigenvalue weighted by Gasteiger charge is 2.37. The maximum atomic E-state index is 12.9. The molecular formula is C17H33N3O3. The Morgan fingerprint density at radius 2 is 1.65 bits per heavy atom. The van der Waals surface area contributed by atoms with Crippen LogP contribution in [0, 0.1) is 11.8 Å². The van der Waals surface area contributed by atoms with Gasteiger partial charge in [-0.1, -0.05) is 12.8 Å². The Bertz CT molecular complexity index is 374.